The van der Waals surface area contributed by atoms with Crippen molar-refractivity contribution in [3.05, 3.63) is 49.8 Å². The second-order valence-electron chi connectivity index (χ2n) is 11.2. The van der Waals surface area contributed by atoms with Crippen LogP contribution in [0, 0.1) is 20.0 Å². The molecule has 1 aliphatic heterocycles. The molecule has 2 atom stereocenters. The number of ether oxygens (including phenoxy) is 4. The molecule has 0 unspecified atom stereocenters. The van der Waals surface area contributed by atoms with Crippen molar-refractivity contribution in [1.29, 1.82) is 0 Å². The Morgan fingerprint density at radius 3 is 1.37 bits per heavy atom. The fraction of sp³-hybridized carbons (Fsp3) is 0.719. The van der Waals surface area contributed by atoms with E-state index in [1.165, 1.54) is 57.4 Å². The zero-order valence-corrected chi connectivity index (χ0v) is 30.8. The predicted octanol–water partition coefficient (Wildman–Crippen LogP) is 7.26. The quantitative estimate of drug-likeness (QED) is 0.108. The summed E-state index contributed by atoms with van der Waals surface area (Å²) in [6.45, 7) is 28.8. The van der Waals surface area contributed by atoms with Crippen LogP contribution in [0.2, 0.25) is 13.3 Å². The first kappa shape index (κ1) is 45.0. The first-order valence-corrected chi connectivity index (χ1v) is 21.7. The molecule has 0 aliphatic carbocycles. The molecular formula is C32H52CrO7Sn. The van der Waals surface area contributed by atoms with Gasteiger partial charge in [-0.1, -0.05) is 0 Å². The van der Waals surface area contributed by atoms with Crippen molar-refractivity contribution in [2.75, 3.05) is 14.2 Å². The van der Waals surface area contributed by atoms with Crippen LogP contribution in [0.15, 0.2) is 24.3 Å². The summed E-state index contributed by atoms with van der Waals surface area (Å²) in [7, 11) is 3.51. The molecule has 1 fully saturated rings. The van der Waals surface area contributed by atoms with Gasteiger partial charge in [0.2, 0.25) is 0 Å². The van der Waals surface area contributed by atoms with E-state index in [0.717, 1.165) is 0 Å². The second kappa shape index (κ2) is 24.0. The van der Waals surface area contributed by atoms with Crippen molar-refractivity contribution in [3.63, 3.8) is 0 Å². The topological polar surface area (TPSA) is 96.6 Å². The van der Waals surface area contributed by atoms with E-state index < -0.39 is 29.6 Å². The molecule has 2 rings (SSSR count). The Balaban J connectivity index is -0.00000193. The van der Waals surface area contributed by atoms with Gasteiger partial charge in [0.25, 0.3) is 0 Å². The van der Waals surface area contributed by atoms with Crippen molar-refractivity contribution in [3.8, 4) is 0 Å². The molecule has 1 aromatic rings. The molecule has 41 heavy (non-hydrogen) atoms. The molecular weight excluding hydrogens is 667 g/mol. The van der Waals surface area contributed by atoms with E-state index in [0.29, 0.717) is 0 Å². The second-order valence-corrected chi connectivity index (χ2v) is 24.4. The molecule has 0 aromatic heterocycles. The summed E-state index contributed by atoms with van der Waals surface area (Å²) < 4.78 is 53.7. The van der Waals surface area contributed by atoms with Gasteiger partial charge >= 0.3 is 249 Å². The van der Waals surface area contributed by atoms with Crippen LogP contribution < -0.4 is 3.58 Å². The molecule has 0 radical (unpaired) electrons. The number of rotatable bonds is 15. The van der Waals surface area contributed by atoms with Crippen LogP contribution in [0.5, 0.6) is 0 Å². The molecule has 232 valence electrons. The van der Waals surface area contributed by atoms with Gasteiger partial charge in [0.15, 0.2) is 0 Å². The zero-order valence-electron chi connectivity index (χ0n) is 26.7. The average molecular weight is 719 g/mol. The summed E-state index contributed by atoms with van der Waals surface area (Å²) in [5, 5.41) is 0. The van der Waals surface area contributed by atoms with Crippen molar-refractivity contribution < 1.29 is 50.3 Å². The van der Waals surface area contributed by atoms with Crippen molar-refractivity contribution in [2.45, 2.75) is 130 Å². The van der Waals surface area contributed by atoms with E-state index in [1.54, 1.807) is 17.8 Å². The van der Waals surface area contributed by atoms with Crippen LogP contribution in [0.3, 0.4) is 0 Å². The SMILES string of the molecule is CCC[CH2][Sn]([CH2]CCC)([CH2]CCC)[c]1ccccc1C1O[C@@H](C(C)(C)OC)[C@H](C(C)(C)OC)O1.[C-]#[O+].[C-]#[O+].[C-]#[O+].[Cr]. The Labute approximate surface area is 265 Å². The largest absolute Gasteiger partial charge is 0 e. The molecule has 1 aromatic carbocycles. The molecule has 9 heteroatoms. The standard InChI is InChI=1S/C17H25O4.3C4H9.3CO.Cr.Sn/c1-16(2,18-5)13-14(17(3,4)19-6)21-15(20-13)12-10-8-7-9-11-12;3*1-3-4-2;3*1-2;;/h7-10,13-15H,1-6H3;3*1,3-4H2,2H3;;;;;/t13-,14-;;;;;;;;/m1......../s1. The number of unbranched alkanes of at least 4 members (excludes halogenated alkanes) is 3. The minimum absolute atomic E-state index is 0. The van der Waals surface area contributed by atoms with Gasteiger partial charge in [-0.25, -0.2) is 0 Å². The Kier molecular flexibility index (Phi) is 26.4. The van der Waals surface area contributed by atoms with E-state index in [4.69, 9.17) is 32.9 Å². The Morgan fingerprint density at radius 2 is 1.05 bits per heavy atom. The van der Waals surface area contributed by atoms with Gasteiger partial charge in [0.05, 0.1) is 0 Å². The predicted molar refractivity (Wildman–Crippen MR) is 157 cm³/mol. The van der Waals surface area contributed by atoms with Gasteiger partial charge < -0.3 is 0 Å². The molecule has 0 spiro atoms. The monoisotopic (exact) mass is 720 g/mol. The van der Waals surface area contributed by atoms with E-state index >= 15 is 0 Å². The Hall–Kier alpha value is -0.389. The van der Waals surface area contributed by atoms with Crippen LogP contribution in [0.25, 0.3) is 0 Å². The molecule has 0 amide bonds. The normalized spacial score (nSPS) is 17.0. The first-order valence-electron chi connectivity index (χ1n) is 14.2. The third-order valence-electron chi connectivity index (χ3n) is 8.05. The molecule has 1 saturated heterocycles. The van der Waals surface area contributed by atoms with E-state index in [-0.39, 0.29) is 35.9 Å². The van der Waals surface area contributed by atoms with Gasteiger partial charge in [-0.3, -0.25) is 0 Å². The van der Waals surface area contributed by atoms with Crippen LogP contribution in [-0.2, 0) is 50.3 Å². The molecule has 0 N–H and O–H groups in total. The maximum Gasteiger partial charge on any atom is 0 e. The first-order chi connectivity index (χ1) is 19.1. The van der Waals surface area contributed by atoms with Gasteiger partial charge in [-0.2, -0.15) is 0 Å². The van der Waals surface area contributed by atoms with Gasteiger partial charge in [0, 0.05) is 17.4 Å². The molecule has 0 bridgehead atoms. The smallest absolute Gasteiger partial charge is 0 e. The average Bonchev–Trinajstić information content (AvgIpc) is 3.48. The van der Waals surface area contributed by atoms with Crippen LogP contribution in [-0.4, -0.2) is 56.0 Å². The fourth-order valence-electron chi connectivity index (χ4n) is 5.39. The maximum absolute atomic E-state index is 7.50. The minimum atomic E-state index is -2.68. The van der Waals surface area contributed by atoms with Crippen LogP contribution in [0.1, 0.15) is 98.8 Å². The van der Waals surface area contributed by atoms with Crippen molar-refractivity contribution >= 4 is 22.0 Å². The number of methoxy groups -OCH3 is 2. The minimum Gasteiger partial charge on any atom is 0 e. The molecule has 0 saturated carbocycles. The summed E-state index contributed by atoms with van der Waals surface area (Å²) in [5.41, 5.74) is 0.293. The molecule has 1 aliphatic rings. The van der Waals surface area contributed by atoms with Crippen LogP contribution in [0.4, 0.5) is 0 Å². The summed E-state index contributed by atoms with van der Waals surface area (Å²) in [6.07, 6.45) is 6.98. The van der Waals surface area contributed by atoms with Gasteiger partial charge in [-0.15, -0.1) is 0 Å². The van der Waals surface area contributed by atoms with E-state index in [1.807, 2.05) is 0 Å². The number of benzene rings is 1. The zero-order chi connectivity index (χ0) is 31.4. The number of hydrogen-bond acceptors (Lipinski definition) is 4. The third kappa shape index (κ3) is 13.0. The summed E-state index contributed by atoms with van der Waals surface area (Å²) in [4.78, 5) is 0. The van der Waals surface area contributed by atoms with Crippen molar-refractivity contribution in [1.82, 2.24) is 0 Å². The molecule has 7 nitrogen and oxygen atoms in total. The third-order valence-corrected chi connectivity index (χ3v) is 23.8. The Morgan fingerprint density at radius 1 is 0.707 bits per heavy atom. The maximum atomic E-state index is 7.50. The summed E-state index contributed by atoms with van der Waals surface area (Å²) in [6, 6.07) is 9.11. The van der Waals surface area contributed by atoms with Crippen molar-refractivity contribution in [2.24, 2.45) is 0 Å². The fourth-order valence-corrected chi connectivity index (χ4v) is 22.3. The van der Waals surface area contributed by atoms with Crippen LogP contribution >= 0.6 is 0 Å². The van der Waals surface area contributed by atoms with E-state index in [2.05, 4.69) is 92.7 Å². The van der Waals surface area contributed by atoms with Gasteiger partial charge in [-0.05, 0) is 0 Å². The van der Waals surface area contributed by atoms with Gasteiger partial charge in [0.1, 0.15) is 0 Å². The Bertz CT molecular complexity index is 809. The summed E-state index contributed by atoms with van der Waals surface area (Å²) in [5.74, 6) is 0. The molecule has 1 heterocycles. The number of hydrogen-bond donors (Lipinski definition) is 0. The summed E-state index contributed by atoms with van der Waals surface area (Å²) >= 11 is -2.68. The van der Waals surface area contributed by atoms with E-state index in [9.17, 15) is 0 Å².